The van der Waals surface area contributed by atoms with Gasteiger partial charge in [-0.25, -0.2) is 9.59 Å². The first-order valence-electron chi connectivity index (χ1n) is 6.62. The lowest BCUT2D eigenvalue weighted by atomic mass is 10.2. The van der Waals surface area contributed by atoms with E-state index in [4.69, 9.17) is 15.6 Å². The number of carbonyl (C=O) groups is 3. The molecule has 1 saturated carbocycles. The number of aliphatic carboxylic acids is 1. The summed E-state index contributed by atoms with van der Waals surface area (Å²) in [4.78, 5) is 32.9. The van der Waals surface area contributed by atoms with Crippen LogP contribution in [0.3, 0.4) is 0 Å². The van der Waals surface area contributed by atoms with Crippen molar-refractivity contribution in [3.63, 3.8) is 0 Å². The summed E-state index contributed by atoms with van der Waals surface area (Å²) in [7, 11) is 0. The quantitative estimate of drug-likeness (QED) is 0.400. The average molecular weight is 287 g/mol. The number of ether oxygens (including phenoxy) is 1. The van der Waals surface area contributed by atoms with Crippen molar-refractivity contribution in [3.8, 4) is 0 Å². The first-order valence-corrected chi connectivity index (χ1v) is 6.62. The third kappa shape index (κ3) is 7.57. The van der Waals surface area contributed by atoms with Gasteiger partial charge in [-0.15, -0.1) is 0 Å². The first-order chi connectivity index (χ1) is 9.49. The Morgan fingerprint density at radius 1 is 1.35 bits per heavy atom. The van der Waals surface area contributed by atoms with Gasteiger partial charge in [0.05, 0.1) is 6.42 Å². The number of nitrogens with two attached hydrogens (primary N) is 1. The van der Waals surface area contributed by atoms with Crippen LogP contribution >= 0.6 is 0 Å². The van der Waals surface area contributed by atoms with Gasteiger partial charge in [-0.1, -0.05) is 0 Å². The predicted octanol–water partition coefficient (Wildman–Crippen LogP) is -0.569. The maximum atomic E-state index is 11.4. The molecule has 0 aliphatic heterocycles. The summed E-state index contributed by atoms with van der Waals surface area (Å²) in [6.45, 7) is 1.70. The lowest BCUT2D eigenvalue weighted by Crippen LogP contribution is -2.47. The molecule has 0 spiro atoms. The van der Waals surface area contributed by atoms with E-state index in [1.165, 1.54) is 12.8 Å². The third-order valence-electron chi connectivity index (χ3n) is 2.81. The van der Waals surface area contributed by atoms with Gasteiger partial charge in [-0.2, -0.15) is 0 Å². The number of carbonyl (C=O) groups excluding carboxylic acids is 2. The largest absolute Gasteiger partial charge is 0.480 e. The molecule has 1 atom stereocenters. The molecule has 3 amide bonds. The van der Waals surface area contributed by atoms with Crippen LogP contribution in [-0.4, -0.2) is 48.8 Å². The van der Waals surface area contributed by atoms with Crippen molar-refractivity contribution in [2.45, 2.75) is 31.7 Å². The van der Waals surface area contributed by atoms with E-state index >= 15 is 0 Å². The lowest BCUT2D eigenvalue weighted by molar-refractivity contribution is -0.140. The highest BCUT2D eigenvalue weighted by molar-refractivity contribution is 5.87. The van der Waals surface area contributed by atoms with Crippen molar-refractivity contribution >= 4 is 17.9 Å². The Labute approximate surface area is 117 Å². The summed E-state index contributed by atoms with van der Waals surface area (Å²) >= 11 is 0. The highest BCUT2D eigenvalue weighted by Gasteiger charge is 2.22. The van der Waals surface area contributed by atoms with Crippen LogP contribution in [0.4, 0.5) is 4.79 Å². The van der Waals surface area contributed by atoms with Crippen molar-refractivity contribution in [2.24, 2.45) is 11.7 Å². The molecule has 0 heterocycles. The van der Waals surface area contributed by atoms with Crippen molar-refractivity contribution in [1.29, 1.82) is 0 Å². The highest BCUT2D eigenvalue weighted by Crippen LogP contribution is 2.28. The van der Waals surface area contributed by atoms with Crippen LogP contribution in [0.15, 0.2) is 0 Å². The molecule has 1 aliphatic carbocycles. The number of rotatable bonds is 10. The molecule has 0 aromatic heterocycles. The van der Waals surface area contributed by atoms with Gasteiger partial charge in [0.1, 0.15) is 6.04 Å². The van der Waals surface area contributed by atoms with Crippen molar-refractivity contribution < 1.29 is 24.2 Å². The number of hydrogen-bond acceptors (Lipinski definition) is 4. The van der Waals surface area contributed by atoms with E-state index in [9.17, 15) is 14.4 Å². The standard InChI is InChI=1S/C12H21N3O5/c13-10(16)6-9(11(17)18)15-12(19)14-4-1-5-20-7-8-2-3-8/h8-9H,1-7H2,(H2,13,16)(H,17,18)(H2,14,15,19)/t9-/m0/s1. The molecule has 0 radical (unpaired) electrons. The molecule has 1 rings (SSSR count). The normalized spacial score (nSPS) is 15.4. The zero-order valence-electron chi connectivity index (χ0n) is 11.3. The molecular formula is C12H21N3O5. The molecule has 0 aromatic rings. The van der Waals surface area contributed by atoms with Gasteiger partial charge in [-0.05, 0) is 25.2 Å². The van der Waals surface area contributed by atoms with Gasteiger partial charge < -0.3 is 26.2 Å². The van der Waals surface area contributed by atoms with E-state index in [0.29, 0.717) is 25.5 Å². The van der Waals surface area contributed by atoms with Crippen LogP contribution in [0.1, 0.15) is 25.7 Å². The summed E-state index contributed by atoms with van der Waals surface area (Å²) in [5, 5.41) is 13.5. The van der Waals surface area contributed by atoms with E-state index < -0.39 is 30.4 Å². The zero-order chi connectivity index (χ0) is 15.0. The Kier molecular flexibility index (Phi) is 6.78. The van der Waals surface area contributed by atoms with Gasteiger partial charge in [0.15, 0.2) is 0 Å². The van der Waals surface area contributed by atoms with Crippen LogP contribution in [0.25, 0.3) is 0 Å². The summed E-state index contributed by atoms with van der Waals surface area (Å²) < 4.78 is 5.38. The molecule has 1 fully saturated rings. The maximum Gasteiger partial charge on any atom is 0.326 e. The maximum absolute atomic E-state index is 11.4. The Morgan fingerprint density at radius 3 is 2.60 bits per heavy atom. The van der Waals surface area contributed by atoms with Crippen molar-refractivity contribution in [1.82, 2.24) is 10.6 Å². The topological polar surface area (TPSA) is 131 Å². The van der Waals surface area contributed by atoms with Crippen molar-refractivity contribution in [2.75, 3.05) is 19.8 Å². The van der Waals surface area contributed by atoms with E-state index in [-0.39, 0.29) is 0 Å². The molecule has 114 valence electrons. The van der Waals surface area contributed by atoms with Gasteiger partial charge >= 0.3 is 12.0 Å². The van der Waals surface area contributed by atoms with Crippen LogP contribution in [-0.2, 0) is 14.3 Å². The van der Waals surface area contributed by atoms with E-state index in [1.54, 1.807) is 0 Å². The Hall–Kier alpha value is -1.83. The van der Waals surface area contributed by atoms with Crippen LogP contribution in [0.2, 0.25) is 0 Å². The van der Waals surface area contributed by atoms with Gasteiger partial charge in [0, 0.05) is 19.8 Å². The lowest BCUT2D eigenvalue weighted by Gasteiger charge is -2.13. The molecule has 8 heteroatoms. The summed E-state index contributed by atoms with van der Waals surface area (Å²) in [6, 6.07) is -1.94. The Bertz CT molecular complexity index is 357. The van der Waals surface area contributed by atoms with Crippen LogP contribution in [0.5, 0.6) is 0 Å². The van der Waals surface area contributed by atoms with Crippen LogP contribution < -0.4 is 16.4 Å². The second kappa shape index (κ2) is 8.36. The molecule has 0 saturated heterocycles. The molecule has 0 unspecified atom stereocenters. The number of amides is 3. The van der Waals surface area contributed by atoms with E-state index in [0.717, 1.165) is 6.61 Å². The van der Waals surface area contributed by atoms with Crippen LogP contribution in [0, 0.1) is 5.92 Å². The molecule has 8 nitrogen and oxygen atoms in total. The first kappa shape index (κ1) is 16.2. The van der Waals surface area contributed by atoms with Gasteiger partial charge in [0.25, 0.3) is 0 Å². The fourth-order valence-electron chi connectivity index (χ4n) is 1.52. The summed E-state index contributed by atoms with van der Waals surface area (Å²) in [5.41, 5.74) is 4.90. The molecule has 0 bridgehead atoms. The minimum Gasteiger partial charge on any atom is -0.480 e. The second-order valence-corrected chi connectivity index (χ2v) is 4.83. The predicted molar refractivity (Wildman–Crippen MR) is 69.9 cm³/mol. The fraction of sp³-hybridized carbons (Fsp3) is 0.750. The smallest absolute Gasteiger partial charge is 0.326 e. The minimum atomic E-state index is -1.31. The molecule has 5 N–H and O–H groups in total. The number of primary amides is 1. The number of hydrogen-bond donors (Lipinski definition) is 4. The number of nitrogens with one attached hydrogen (secondary N) is 2. The Morgan fingerprint density at radius 2 is 2.05 bits per heavy atom. The average Bonchev–Trinajstić information content (AvgIpc) is 3.16. The number of carboxylic acid groups (broad SMARTS) is 1. The van der Waals surface area contributed by atoms with E-state index in [1.807, 2.05) is 0 Å². The molecule has 1 aliphatic rings. The molecule has 20 heavy (non-hydrogen) atoms. The zero-order valence-corrected chi connectivity index (χ0v) is 11.3. The minimum absolute atomic E-state index is 0.374. The number of carboxylic acids is 1. The van der Waals surface area contributed by atoms with Gasteiger partial charge in [-0.3, -0.25) is 4.79 Å². The van der Waals surface area contributed by atoms with Gasteiger partial charge in [0.2, 0.25) is 5.91 Å². The molecular weight excluding hydrogens is 266 g/mol. The number of urea groups is 1. The highest BCUT2D eigenvalue weighted by atomic mass is 16.5. The van der Waals surface area contributed by atoms with Crippen molar-refractivity contribution in [3.05, 3.63) is 0 Å². The fourth-order valence-corrected chi connectivity index (χ4v) is 1.52. The Balaban J connectivity index is 2.07. The summed E-state index contributed by atoms with van der Waals surface area (Å²) in [6.07, 6.45) is 2.68. The molecule has 0 aromatic carbocycles. The monoisotopic (exact) mass is 287 g/mol. The van der Waals surface area contributed by atoms with E-state index in [2.05, 4.69) is 10.6 Å². The summed E-state index contributed by atoms with van der Waals surface area (Å²) in [5.74, 6) is -1.38. The SMILES string of the molecule is NC(=O)C[C@H](NC(=O)NCCCOCC1CC1)C(=O)O. The third-order valence-corrected chi connectivity index (χ3v) is 2.81. The second-order valence-electron chi connectivity index (χ2n) is 4.83.